The Bertz CT molecular complexity index is 361. The van der Waals surface area contributed by atoms with Crippen molar-refractivity contribution in [1.82, 2.24) is 4.57 Å². The number of nitrogens with zero attached hydrogens (tertiary/aromatic N) is 1. The first-order valence-corrected chi connectivity index (χ1v) is 4.05. The molecular weight excluding hydrogens is 162 g/mol. The molecule has 0 saturated carbocycles. The molecule has 1 aromatic heterocycles. The molecule has 1 aromatic carbocycles. The van der Waals surface area contributed by atoms with Gasteiger partial charge < -0.3 is 9.30 Å². The number of aromatic nitrogens is 1. The Balaban J connectivity index is 2.33. The maximum Gasteiger partial charge on any atom is 0.122 e. The summed E-state index contributed by atoms with van der Waals surface area (Å²) in [5.74, 6) is 0.774. The van der Waals surface area contributed by atoms with Gasteiger partial charge in [0, 0.05) is 18.1 Å². The van der Waals surface area contributed by atoms with Gasteiger partial charge in [0.1, 0.15) is 12.9 Å². The summed E-state index contributed by atoms with van der Waals surface area (Å²) in [6.07, 6.45) is 4.00. The quantitative estimate of drug-likeness (QED) is 0.679. The van der Waals surface area contributed by atoms with Gasteiger partial charge >= 0.3 is 0 Å². The van der Waals surface area contributed by atoms with Crippen LogP contribution < -0.4 is 4.74 Å². The van der Waals surface area contributed by atoms with Crippen LogP contribution in [0.5, 0.6) is 5.75 Å². The summed E-state index contributed by atoms with van der Waals surface area (Å²) in [7, 11) is 3.34. The third kappa shape index (κ3) is 1.56. The van der Waals surface area contributed by atoms with Crippen molar-refractivity contribution >= 4 is 0 Å². The normalized spacial score (nSPS) is 9.92. The Morgan fingerprint density at radius 1 is 1.00 bits per heavy atom. The molecule has 0 saturated heterocycles. The van der Waals surface area contributed by atoms with Gasteiger partial charge in [-0.1, -0.05) is 0 Å². The number of rotatable bonds is 2. The highest BCUT2D eigenvalue weighted by atomic mass is 16.5. The van der Waals surface area contributed by atoms with E-state index in [9.17, 15) is 0 Å². The molecule has 2 rings (SSSR count). The molecule has 0 aliphatic carbocycles. The number of hydrogen-bond acceptors (Lipinski definition) is 1. The van der Waals surface area contributed by atoms with Crippen molar-refractivity contribution in [3.8, 4) is 11.4 Å². The molecule has 0 unspecified atom stereocenters. The van der Waals surface area contributed by atoms with E-state index >= 15 is 0 Å². The molecule has 0 N–H and O–H groups in total. The summed E-state index contributed by atoms with van der Waals surface area (Å²) in [6, 6.07) is 11.7. The monoisotopic (exact) mass is 172 g/mol. The van der Waals surface area contributed by atoms with Gasteiger partial charge in [-0.3, -0.25) is 0 Å². The highest BCUT2D eigenvalue weighted by Gasteiger charge is 1.94. The van der Waals surface area contributed by atoms with Gasteiger partial charge in [-0.25, -0.2) is 0 Å². The molecular formula is C11H10NO. The third-order valence-corrected chi connectivity index (χ3v) is 1.91. The van der Waals surface area contributed by atoms with Crippen LogP contribution in [0.2, 0.25) is 0 Å². The summed E-state index contributed by atoms with van der Waals surface area (Å²) in [5.41, 5.74) is 1.12. The first-order valence-electron chi connectivity index (χ1n) is 4.05. The first kappa shape index (κ1) is 7.92. The molecule has 65 valence electrons. The summed E-state index contributed by atoms with van der Waals surface area (Å²) < 4.78 is 6.86. The Kier molecular flexibility index (Phi) is 2.04. The Labute approximate surface area is 77.4 Å². The van der Waals surface area contributed by atoms with E-state index in [1.165, 1.54) is 0 Å². The van der Waals surface area contributed by atoms with Gasteiger partial charge in [0.2, 0.25) is 0 Å². The SMILES string of the molecule is [CH2]Oc1ccc(-n2cccc2)cc1. The second kappa shape index (κ2) is 3.35. The average molecular weight is 172 g/mol. The van der Waals surface area contributed by atoms with E-state index in [0.717, 1.165) is 11.4 Å². The average Bonchev–Trinajstić information content (AvgIpc) is 2.71. The van der Waals surface area contributed by atoms with Crippen LogP contribution >= 0.6 is 0 Å². The Hall–Kier alpha value is -1.70. The lowest BCUT2D eigenvalue weighted by Gasteiger charge is -2.03. The number of ether oxygens (including phenoxy) is 1. The zero-order valence-corrected chi connectivity index (χ0v) is 7.18. The molecule has 13 heavy (non-hydrogen) atoms. The smallest absolute Gasteiger partial charge is 0.122 e. The van der Waals surface area contributed by atoms with E-state index < -0.39 is 0 Å². The minimum atomic E-state index is 0.774. The van der Waals surface area contributed by atoms with Crippen LogP contribution in [0, 0.1) is 7.11 Å². The fourth-order valence-corrected chi connectivity index (χ4v) is 1.22. The van der Waals surface area contributed by atoms with Crippen LogP contribution in [-0.2, 0) is 0 Å². The maximum atomic E-state index is 4.83. The minimum absolute atomic E-state index is 0.774. The predicted molar refractivity (Wildman–Crippen MR) is 51.8 cm³/mol. The van der Waals surface area contributed by atoms with E-state index in [2.05, 4.69) is 7.11 Å². The standard InChI is InChI=1S/C11H10NO/c1-13-11-6-4-10(5-7-11)12-8-2-3-9-12/h2-9H,1H2. The highest BCUT2D eigenvalue weighted by molar-refractivity contribution is 5.37. The largest absolute Gasteiger partial charge is 0.490 e. The predicted octanol–water partition coefficient (Wildman–Crippen LogP) is 2.65. The molecule has 2 heteroatoms. The lowest BCUT2D eigenvalue weighted by Crippen LogP contribution is -1.88. The molecule has 0 amide bonds. The molecule has 2 aromatic rings. The lowest BCUT2D eigenvalue weighted by molar-refractivity contribution is 0.473. The second-order valence-electron chi connectivity index (χ2n) is 2.73. The third-order valence-electron chi connectivity index (χ3n) is 1.91. The van der Waals surface area contributed by atoms with Crippen molar-refractivity contribution in [3.05, 3.63) is 55.9 Å². The van der Waals surface area contributed by atoms with Crippen LogP contribution in [0.3, 0.4) is 0 Å². The summed E-state index contributed by atoms with van der Waals surface area (Å²) in [4.78, 5) is 0. The van der Waals surface area contributed by atoms with Crippen LogP contribution in [0.15, 0.2) is 48.8 Å². The summed E-state index contributed by atoms with van der Waals surface area (Å²) >= 11 is 0. The lowest BCUT2D eigenvalue weighted by atomic mass is 10.3. The van der Waals surface area contributed by atoms with Gasteiger partial charge in [0.05, 0.1) is 0 Å². The van der Waals surface area contributed by atoms with E-state index in [4.69, 9.17) is 4.74 Å². The van der Waals surface area contributed by atoms with Crippen LogP contribution in [0.1, 0.15) is 0 Å². The summed E-state index contributed by atoms with van der Waals surface area (Å²) in [5, 5.41) is 0. The number of benzene rings is 1. The fourth-order valence-electron chi connectivity index (χ4n) is 1.22. The van der Waals surface area contributed by atoms with E-state index in [1.807, 2.05) is 53.4 Å². The van der Waals surface area contributed by atoms with Gasteiger partial charge in [-0.15, -0.1) is 0 Å². The first-order chi connectivity index (χ1) is 6.40. The van der Waals surface area contributed by atoms with E-state index in [-0.39, 0.29) is 0 Å². The van der Waals surface area contributed by atoms with Gasteiger partial charge in [0.15, 0.2) is 0 Å². The molecule has 0 aliphatic rings. The molecule has 0 atom stereocenters. The van der Waals surface area contributed by atoms with Crippen molar-refractivity contribution in [2.45, 2.75) is 0 Å². The zero-order valence-electron chi connectivity index (χ0n) is 7.18. The molecule has 0 spiro atoms. The van der Waals surface area contributed by atoms with E-state index in [0.29, 0.717) is 0 Å². The summed E-state index contributed by atoms with van der Waals surface area (Å²) in [6.45, 7) is 0. The van der Waals surface area contributed by atoms with Gasteiger partial charge in [-0.2, -0.15) is 0 Å². The van der Waals surface area contributed by atoms with Crippen molar-refractivity contribution in [2.24, 2.45) is 0 Å². The topological polar surface area (TPSA) is 14.2 Å². The van der Waals surface area contributed by atoms with Crippen LogP contribution in [-0.4, -0.2) is 4.57 Å². The molecule has 0 bridgehead atoms. The molecule has 1 radical (unpaired) electrons. The molecule has 0 aliphatic heterocycles. The van der Waals surface area contributed by atoms with Crippen molar-refractivity contribution in [2.75, 3.05) is 0 Å². The van der Waals surface area contributed by atoms with Gasteiger partial charge in [0.25, 0.3) is 0 Å². The second-order valence-corrected chi connectivity index (χ2v) is 2.73. The molecule has 2 nitrogen and oxygen atoms in total. The van der Waals surface area contributed by atoms with Crippen LogP contribution in [0.4, 0.5) is 0 Å². The van der Waals surface area contributed by atoms with E-state index in [1.54, 1.807) is 0 Å². The minimum Gasteiger partial charge on any atom is -0.490 e. The Morgan fingerprint density at radius 2 is 1.62 bits per heavy atom. The fraction of sp³-hybridized carbons (Fsp3) is 0. The molecule has 0 fully saturated rings. The van der Waals surface area contributed by atoms with Gasteiger partial charge in [-0.05, 0) is 36.4 Å². The van der Waals surface area contributed by atoms with Crippen molar-refractivity contribution < 1.29 is 4.74 Å². The maximum absolute atomic E-state index is 4.83. The van der Waals surface area contributed by atoms with Crippen molar-refractivity contribution in [1.29, 1.82) is 0 Å². The molecule has 1 heterocycles. The highest BCUT2D eigenvalue weighted by Crippen LogP contribution is 2.14. The zero-order chi connectivity index (χ0) is 9.10. The number of hydrogen-bond donors (Lipinski definition) is 0. The van der Waals surface area contributed by atoms with Crippen molar-refractivity contribution in [3.63, 3.8) is 0 Å². The Morgan fingerprint density at radius 3 is 2.15 bits per heavy atom. The van der Waals surface area contributed by atoms with Crippen LogP contribution in [0.25, 0.3) is 5.69 Å².